The summed E-state index contributed by atoms with van der Waals surface area (Å²) in [4.78, 5) is 6.31. The lowest BCUT2D eigenvalue weighted by Crippen LogP contribution is -2.50. The number of alkyl halides is 3. The number of fused-ring (bicyclic) bond motifs is 1. The van der Waals surface area contributed by atoms with Crippen LogP contribution in [0.3, 0.4) is 0 Å². The fraction of sp³-hybridized carbons (Fsp3) is 0.667. The number of hydrogen-bond acceptors (Lipinski definition) is 5. The Hall–Kier alpha value is -1.94. The van der Waals surface area contributed by atoms with E-state index in [2.05, 4.69) is 15.0 Å². The molecule has 0 N–H and O–H groups in total. The zero-order valence-corrected chi connectivity index (χ0v) is 20.1. The van der Waals surface area contributed by atoms with Crippen molar-refractivity contribution in [1.82, 2.24) is 19.7 Å². The summed E-state index contributed by atoms with van der Waals surface area (Å²) in [5.41, 5.74) is 1.27. The normalized spacial score (nSPS) is 31.7. The largest absolute Gasteiger partial charge is 0.417 e. The number of sulfone groups is 1. The fourth-order valence-corrected chi connectivity index (χ4v) is 9.16. The molecule has 10 heteroatoms. The van der Waals surface area contributed by atoms with E-state index >= 15 is 0 Å². The predicted molar refractivity (Wildman–Crippen MR) is 121 cm³/mol. The van der Waals surface area contributed by atoms with Gasteiger partial charge in [0, 0.05) is 53.6 Å². The summed E-state index contributed by atoms with van der Waals surface area (Å²) in [7, 11) is -2.81. The molecule has 0 radical (unpaired) electrons. The summed E-state index contributed by atoms with van der Waals surface area (Å²) in [5, 5.41) is 4.68. The summed E-state index contributed by atoms with van der Waals surface area (Å²) in [6.07, 6.45) is 1.03. The van der Waals surface area contributed by atoms with Gasteiger partial charge in [-0.05, 0) is 63.6 Å². The molecule has 0 aromatic carbocycles. The molecule has 34 heavy (non-hydrogen) atoms. The van der Waals surface area contributed by atoms with Crippen molar-refractivity contribution in [3.63, 3.8) is 0 Å². The minimum absolute atomic E-state index is 0.00480. The van der Waals surface area contributed by atoms with Gasteiger partial charge in [-0.2, -0.15) is 18.3 Å². The van der Waals surface area contributed by atoms with Crippen molar-refractivity contribution in [3.05, 3.63) is 35.8 Å². The van der Waals surface area contributed by atoms with E-state index in [1.165, 1.54) is 6.20 Å². The minimum Gasteiger partial charge on any atom is -0.300 e. The van der Waals surface area contributed by atoms with Gasteiger partial charge in [0.1, 0.15) is 0 Å². The molecule has 2 aliphatic carbocycles. The Bertz CT molecular complexity index is 1220. The fourth-order valence-electron chi connectivity index (χ4n) is 6.90. The SMILES string of the molecule is CC(C)n1nc(-c2cncc(C(F)(F)F)c2)cc1[C@H]1[C@@H]2C[C@@H](N3CCC4(C3)CS(=O)(=O)C4)C[C@@H]21. The first-order valence-corrected chi connectivity index (χ1v) is 13.8. The maximum Gasteiger partial charge on any atom is 0.417 e. The summed E-state index contributed by atoms with van der Waals surface area (Å²) >= 11 is 0. The molecule has 2 aromatic heterocycles. The van der Waals surface area contributed by atoms with Crippen LogP contribution in [0.15, 0.2) is 24.5 Å². The predicted octanol–water partition coefficient (Wildman–Crippen LogP) is 4.16. The van der Waals surface area contributed by atoms with E-state index in [0.717, 1.165) is 50.3 Å². The molecule has 4 atom stereocenters. The van der Waals surface area contributed by atoms with E-state index in [1.54, 1.807) is 0 Å². The van der Waals surface area contributed by atoms with E-state index in [1.807, 2.05) is 24.6 Å². The van der Waals surface area contributed by atoms with Crippen LogP contribution >= 0.6 is 0 Å². The quantitative estimate of drug-likeness (QED) is 0.639. The van der Waals surface area contributed by atoms with Gasteiger partial charge in [0.25, 0.3) is 0 Å². The average molecular weight is 495 g/mol. The molecule has 2 saturated carbocycles. The Balaban J connectivity index is 1.17. The highest BCUT2D eigenvalue weighted by atomic mass is 32.2. The van der Waals surface area contributed by atoms with Crippen LogP contribution in [0.2, 0.25) is 0 Å². The molecule has 4 aliphatic rings. The number of aromatic nitrogens is 3. The zero-order valence-electron chi connectivity index (χ0n) is 19.3. The Labute approximate surface area is 197 Å². The van der Waals surface area contributed by atoms with Crippen LogP contribution < -0.4 is 0 Å². The number of pyridine rings is 1. The second-order valence-electron chi connectivity index (χ2n) is 11.2. The Kier molecular flexibility index (Phi) is 4.83. The van der Waals surface area contributed by atoms with Gasteiger partial charge in [-0.3, -0.25) is 14.6 Å². The summed E-state index contributed by atoms with van der Waals surface area (Å²) < 4.78 is 64.9. The van der Waals surface area contributed by atoms with E-state index in [4.69, 9.17) is 0 Å². The number of rotatable bonds is 4. The molecule has 4 fully saturated rings. The van der Waals surface area contributed by atoms with Crippen LogP contribution in [0, 0.1) is 17.3 Å². The first-order valence-electron chi connectivity index (χ1n) is 12.0. The standard InChI is InChI=1S/C24H29F3N4O2S/c1-14(2)31-21(8-20(29-31)15-5-16(10-28-9-15)24(25,26)27)22-18-6-17(7-19(18)22)30-4-3-23(11-30)12-34(32,33)13-23/h5,8-10,14,17-19,22H,3-4,6-7,11-13H2,1-2H3/t17-,18-,19+,22+. The third kappa shape index (κ3) is 3.68. The third-order valence-corrected chi connectivity index (χ3v) is 10.5. The molecule has 0 amide bonds. The Morgan fingerprint density at radius 3 is 2.44 bits per heavy atom. The summed E-state index contributed by atoms with van der Waals surface area (Å²) in [6.45, 7) is 5.97. The van der Waals surface area contributed by atoms with Gasteiger partial charge in [0.15, 0.2) is 9.84 Å². The molecular weight excluding hydrogens is 465 g/mol. The topological polar surface area (TPSA) is 68.1 Å². The number of halogens is 3. The van der Waals surface area contributed by atoms with Crippen molar-refractivity contribution in [3.8, 4) is 11.3 Å². The molecule has 0 unspecified atom stereocenters. The minimum atomic E-state index is -4.44. The van der Waals surface area contributed by atoms with Crippen LogP contribution in [0.4, 0.5) is 13.2 Å². The van der Waals surface area contributed by atoms with Crippen LogP contribution in [0.1, 0.15) is 56.3 Å². The monoisotopic (exact) mass is 494 g/mol. The molecule has 2 aromatic rings. The molecule has 2 saturated heterocycles. The molecule has 0 bridgehead atoms. The molecule has 2 aliphatic heterocycles. The molecule has 1 spiro atoms. The van der Waals surface area contributed by atoms with Gasteiger partial charge >= 0.3 is 6.18 Å². The van der Waals surface area contributed by atoms with Gasteiger partial charge in [-0.15, -0.1) is 0 Å². The number of likely N-dealkylation sites (tertiary alicyclic amines) is 1. The lowest BCUT2D eigenvalue weighted by atomic mass is 9.91. The van der Waals surface area contributed by atoms with Gasteiger partial charge in [-0.1, -0.05) is 0 Å². The van der Waals surface area contributed by atoms with E-state index in [9.17, 15) is 21.6 Å². The molecule has 184 valence electrons. The average Bonchev–Trinajstić information content (AvgIpc) is 3.18. The third-order valence-electron chi connectivity index (χ3n) is 8.41. The van der Waals surface area contributed by atoms with Crippen LogP contribution in [-0.2, 0) is 16.0 Å². The van der Waals surface area contributed by atoms with E-state index in [-0.39, 0.29) is 11.5 Å². The van der Waals surface area contributed by atoms with Crippen molar-refractivity contribution >= 4 is 9.84 Å². The van der Waals surface area contributed by atoms with E-state index < -0.39 is 21.6 Å². The number of nitrogens with zero attached hydrogens (tertiary/aromatic N) is 4. The Morgan fingerprint density at radius 1 is 1.12 bits per heavy atom. The Morgan fingerprint density at radius 2 is 1.82 bits per heavy atom. The van der Waals surface area contributed by atoms with Crippen LogP contribution in [0.5, 0.6) is 0 Å². The lowest BCUT2D eigenvalue weighted by molar-refractivity contribution is -0.137. The lowest BCUT2D eigenvalue weighted by Gasteiger charge is -2.38. The van der Waals surface area contributed by atoms with Gasteiger partial charge in [-0.25, -0.2) is 8.42 Å². The van der Waals surface area contributed by atoms with Crippen LogP contribution in [0.25, 0.3) is 11.3 Å². The van der Waals surface area contributed by atoms with Crippen molar-refractivity contribution in [1.29, 1.82) is 0 Å². The van der Waals surface area contributed by atoms with Crippen molar-refractivity contribution < 1.29 is 21.6 Å². The molecule has 6 nitrogen and oxygen atoms in total. The maximum absolute atomic E-state index is 13.2. The highest BCUT2D eigenvalue weighted by Crippen LogP contribution is 2.64. The van der Waals surface area contributed by atoms with Crippen molar-refractivity contribution in [2.75, 3.05) is 24.6 Å². The van der Waals surface area contributed by atoms with Gasteiger partial charge in [0.05, 0.1) is 22.8 Å². The maximum atomic E-state index is 13.2. The van der Waals surface area contributed by atoms with Crippen molar-refractivity contribution in [2.45, 2.75) is 57.3 Å². The molecule has 4 heterocycles. The van der Waals surface area contributed by atoms with Crippen LogP contribution in [-0.4, -0.2) is 58.7 Å². The highest BCUT2D eigenvalue weighted by Gasteiger charge is 2.60. The first kappa shape index (κ1) is 22.5. The van der Waals surface area contributed by atoms with Gasteiger partial charge in [0.2, 0.25) is 0 Å². The summed E-state index contributed by atoms with van der Waals surface area (Å²) in [6, 6.07) is 3.70. The molecule has 6 rings (SSSR count). The number of hydrogen-bond donors (Lipinski definition) is 0. The second-order valence-corrected chi connectivity index (χ2v) is 13.2. The van der Waals surface area contributed by atoms with Crippen molar-refractivity contribution in [2.24, 2.45) is 17.3 Å². The second kappa shape index (κ2) is 7.29. The zero-order chi connectivity index (χ0) is 24.0. The van der Waals surface area contributed by atoms with E-state index in [0.29, 0.717) is 46.6 Å². The van der Waals surface area contributed by atoms with Gasteiger partial charge < -0.3 is 0 Å². The highest BCUT2D eigenvalue weighted by molar-refractivity contribution is 7.92. The molecular formula is C24H29F3N4O2S. The summed E-state index contributed by atoms with van der Waals surface area (Å²) in [5.74, 6) is 2.21. The first-order chi connectivity index (χ1) is 15.9. The smallest absolute Gasteiger partial charge is 0.300 e.